The minimum Gasteiger partial charge on any atom is -0.453 e. The third-order valence-corrected chi connectivity index (χ3v) is 3.18. The molecule has 5 nitrogen and oxygen atoms in total. The predicted molar refractivity (Wildman–Crippen MR) is 77.9 cm³/mol. The Morgan fingerprint density at radius 1 is 1.33 bits per heavy atom. The van der Waals surface area contributed by atoms with Crippen molar-refractivity contribution in [1.29, 1.82) is 0 Å². The molecule has 0 saturated carbocycles. The average molecular weight is 289 g/mol. The Morgan fingerprint density at radius 2 is 2.10 bits per heavy atom. The van der Waals surface area contributed by atoms with Crippen LogP contribution in [-0.2, 0) is 11.3 Å². The number of benzene rings is 1. The number of furan rings is 1. The van der Waals surface area contributed by atoms with E-state index in [0.717, 1.165) is 11.1 Å². The Morgan fingerprint density at radius 3 is 2.81 bits per heavy atom. The van der Waals surface area contributed by atoms with Crippen molar-refractivity contribution in [2.45, 2.75) is 19.6 Å². The first kappa shape index (κ1) is 15.3. The van der Waals surface area contributed by atoms with Crippen LogP contribution in [0.1, 0.15) is 33.5 Å². The van der Waals surface area contributed by atoms with Gasteiger partial charge in [-0.3, -0.25) is 4.79 Å². The summed E-state index contributed by atoms with van der Waals surface area (Å²) >= 11 is 0. The van der Waals surface area contributed by atoms with Gasteiger partial charge in [-0.05, 0) is 30.2 Å². The van der Waals surface area contributed by atoms with E-state index >= 15 is 0 Å². The third kappa shape index (κ3) is 3.93. The molecule has 0 saturated heterocycles. The van der Waals surface area contributed by atoms with Gasteiger partial charge in [-0.15, -0.1) is 0 Å². The Kier molecular flexibility index (Phi) is 5.14. The van der Waals surface area contributed by atoms with Crippen LogP contribution in [0.2, 0.25) is 0 Å². The smallest absolute Gasteiger partial charge is 0.287 e. The van der Waals surface area contributed by atoms with E-state index in [1.807, 2.05) is 31.2 Å². The van der Waals surface area contributed by atoms with Crippen molar-refractivity contribution in [3.8, 4) is 0 Å². The standard InChI is InChI=1S/C16H19NO4/c1-11-5-3-4-6-13(11)14(18)9-17-16(19)15-8-7-12(21-15)10-20-2/h3-8,14,18H,9-10H2,1-2H3,(H,17,19). The summed E-state index contributed by atoms with van der Waals surface area (Å²) in [6.45, 7) is 2.37. The molecule has 2 rings (SSSR count). The SMILES string of the molecule is COCc1ccc(C(=O)NCC(O)c2ccccc2C)o1. The number of aryl methyl sites for hydroxylation is 1. The molecule has 2 N–H and O–H groups in total. The van der Waals surface area contributed by atoms with E-state index < -0.39 is 6.10 Å². The van der Waals surface area contributed by atoms with E-state index in [-0.39, 0.29) is 18.2 Å². The molecule has 0 aliphatic rings. The molecule has 0 fully saturated rings. The molecule has 0 aliphatic heterocycles. The summed E-state index contributed by atoms with van der Waals surface area (Å²) in [5, 5.41) is 12.8. The highest BCUT2D eigenvalue weighted by Crippen LogP contribution is 2.16. The van der Waals surface area contributed by atoms with Gasteiger partial charge in [0.2, 0.25) is 0 Å². The molecular formula is C16H19NO4. The van der Waals surface area contributed by atoms with Gasteiger partial charge < -0.3 is 19.6 Å². The topological polar surface area (TPSA) is 71.7 Å². The van der Waals surface area contributed by atoms with Crippen LogP contribution in [0.3, 0.4) is 0 Å². The molecule has 0 spiro atoms. The van der Waals surface area contributed by atoms with Crippen LogP contribution in [0.5, 0.6) is 0 Å². The van der Waals surface area contributed by atoms with Crippen molar-refractivity contribution in [1.82, 2.24) is 5.32 Å². The van der Waals surface area contributed by atoms with Crippen LogP contribution in [-0.4, -0.2) is 24.7 Å². The maximum absolute atomic E-state index is 11.9. The fourth-order valence-electron chi connectivity index (χ4n) is 2.07. The minimum absolute atomic E-state index is 0.129. The highest BCUT2D eigenvalue weighted by Gasteiger charge is 2.14. The van der Waals surface area contributed by atoms with E-state index in [4.69, 9.17) is 9.15 Å². The maximum Gasteiger partial charge on any atom is 0.287 e. The van der Waals surface area contributed by atoms with Gasteiger partial charge in [0.25, 0.3) is 5.91 Å². The zero-order chi connectivity index (χ0) is 15.2. The van der Waals surface area contributed by atoms with E-state index in [9.17, 15) is 9.90 Å². The molecule has 1 heterocycles. The number of hydrogen-bond acceptors (Lipinski definition) is 4. The second-order valence-electron chi connectivity index (χ2n) is 4.78. The second-order valence-corrected chi connectivity index (χ2v) is 4.78. The third-order valence-electron chi connectivity index (χ3n) is 3.18. The summed E-state index contributed by atoms with van der Waals surface area (Å²) in [7, 11) is 1.56. The number of hydrogen-bond donors (Lipinski definition) is 2. The lowest BCUT2D eigenvalue weighted by atomic mass is 10.0. The van der Waals surface area contributed by atoms with Crippen molar-refractivity contribution < 1.29 is 19.1 Å². The molecule has 1 unspecified atom stereocenters. The Labute approximate surface area is 123 Å². The van der Waals surface area contributed by atoms with Crippen molar-refractivity contribution in [2.75, 3.05) is 13.7 Å². The van der Waals surface area contributed by atoms with E-state index in [2.05, 4.69) is 5.32 Å². The lowest BCUT2D eigenvalue weighted by molar-refractivity contribution is 0.0880. The Bertz CT molecular complexity index is 606. The first-order chi connectivity index (χ1) is 10.1. The first-order valence-corrected chi connectivity index (χ1v) is 6.71. The summed E-state index contributed by atoms with van der Waals surface area (Å²) in [6, 6.07) is 10.8. The predicted octanol–water partition coefficient (Wildman–Crippen LogP) is 2.20. The zero-order valence-corrected chi connectivity index (χ0v) is 12.1. The number of carbonyl (C=O) groups excluding carboxylic acids is 1. The normalized spacial score (nSPS) is 12.1. The molecule has 5 heteroatoms. The molecule has 2 aromatic rings. The number of nitrogens with one attached hydrogen (secondary N) is 1. The van der Waals surface area contributed by atoms with Gasteiger partial charge in [-0.1, -0.05) is 24.3 Å². The van der Waals surface area contributed by atoms with Gasteiger partial charge in [-0.2, -0.15) is 0 Å². The van der Waals surface area contributed by atoms with E-state index in [0.29, 0.717) is 12.4 Å². The van der Waals surface area contributed by atoms with Crippen LogP contribution >= 0.6 is 0 Å². The number of rotatable bonds is 6. The monoisotopic (exact) mass is 289 g/mol. The highest BCUT2D eigenvalue weighted by molar-refractivity contribution is 5.91. The average Bonchev–Trinajstić information content (AvgIpc) is 2.94. The Balaban J connectivity index is 1.92. The number of carbonyl (C=O) groups is 1. The van der Waals surface area contributed by atoms with Crippen molar-refractivity contribution in [2.24, 2.45) is 0 Å². The van der Waals surface area contributed by atoms with E-state index in [1.54, 1.807) is 19.2 Å². The fraction of sp³-hybridized carbons (Fsp3) is 0.312. The van der Waals surface area contributed by atoms with E-state index in [1.165, 1.54) is 0 Å². The minimum atomic E-state index is -0.747. The molecule has 1 aromatic heterocycles. The Hall–Kier alpha value is -2.11. The summed E-state index contributed by atoms with van der Waals surface area (Å²) < 4.78 is 10.3. The molecule has 1 atom stereocenters. The molecule has 1 aromatic carbocycles. The molecule has 0 radical (unpaired) electrons. The van der Waals surface area contributed by atoms with Crippen molar-refractivity contribution in [3.63, 3.8) is 0 Å². The summed E-state index contributed by atoms with van der Waals surface area (Å²) in [6.07, 6.45) is -0.747. The number of methoxy groups -OCH3 is 1. The largest absolute Gasteiger partial charge is 0.453 e. The van der Waals surface area contributed by atoms with Gasteiger partial charge in [0, 0.05) is 13.7 Å². The number of ether oxygens (including phenoxy) is 1. The molecule has 1 amide bonds. The van der Waals surface area contributed by atoms with Crippen LogP contribution in [0.25, 0.3) is 0 Å². The van der Waals surface area contributed by atoms with Gasteiger partial charge in [0.15, 0.2) is 5.76 Å². The summed E-state index contributed by atoms with van der Waals surface area (Å²) in [4.78, 5) is 11.9. The molecule has 21 heavy (non-hydrogen) atoms. The quantitative estimate of drug-likeness (QED) is 0.855. The molecule has 0 aliphatic carbocycles. The van der Waals surface area contributed by atoms with Crippen LogP contribution in [0, 0.1) is 6.92 Å². The van der Waals surface area contributed by atoms with Gasteiger partial charge in [-0.25, -0.2) is 0 Å². The highest BCUT2D eigenvalue weighted by atomic mass is 16.5. The molecule has 112 valence electrons. The van der Waals surface area contributed by atoms with Crippen LogP contribution in [0.15, 0.2) is 40.8 Å². The summed E-state index contributed by atoms with van der Waals surface area (Å²) in [5.74, 6) is 0.436. The molecular weight excluding hydrogens is 270 g/mol. The maximum atomic E-state index is 11.9. The molecule has 0 bridgehead atoms. The van der Waals surface area contributed by atoms with Crippen molar-refractivity contribution >= 4 is 5.91 Å². The van der Waals surface area contributed by atoms with Gasteiger partial charge >= 0.3 is 0 Å². The lowest BCUT2D eigenvalue weighted by Gasteiger charge is -2.13. The summed E-state index contributed by atoms with van der Waals surface area (Å²) in [5.41, 5.74) is 1.79. The van der Waals surface area contributed by atoms with Gasteiger partial charge in [0.1, 0.15) is 12.4 Å². The fourth-order valence-corrected chi connectivity index (χ4v) is 2.07. The number of amides is 1. The lowest BCUT2D eigenvalue weighted by Crippen LogP contribution is -2.28. The zero-order valence-electron chi connectivity index (χ0n) is 12.1. The van der Waals surface area contributed by atoms with Crippen LogP contribution in [0.4, 0.5) is 0 Å². The second kappa shape index (κ2) is 7.06. The van der Waals surface area contributed by atoms with Crippen LogP contribution < -0.4 is 5.32 Å². The number of aliphatic hydroxyl groups is 1. The number of aliphatic hydroxyl groups excluding tert-OH is 1. The van der Waals surface area contributed by atoms with Gasteiger partial charge in [0.05, 0.1) is 6.10 Å². The first-order valence-electron chi connectivity index (χ1n) is 6.71. The van der Waals surface area contributed by atoms with Crippen molar-refractivity contribution in [3.05, 3.63) is 59.0 Å².